The third-order valence-corrected chi connectivity index (χ3v) is 3.83. The fraction of sp³-hybridized carbons (Fsp3) is 0.562. The molecule has 20 heavy (non-hydrogen) atoms. The van der Waals surface area contributed by atoms with Crippen LogP contribution in [0.5, 0.6) is 5.75 Å². The van der Waals surface area contributed by atoms with Crippen LogP contribution in [0, 0.1) is 5.92 Å². The van der Waals surface area contributed by atoms with E-state index in [1.807, 2.05) is 29.2 Å². The largest absolute Gasteiger partial charge is 0.497 e. The number of hydrogen-bond acceptors (Lipinski definition) is 3. The van der Waals surface area contributed by atoms with Crippen LogP contribution in [0.25, 0.3) is 0 Å². The Hall–Kier alpha value is -1.55. The van der Waals surface area contributed by atoms with Gasteiger partial charge in [-0.05, 0) is 36.5 Å². The summed E-state index contributed by atoms with van der Waals surface area (Å²) in [6.07, 6.45) is 2.33. The Morgan fingerprint density at radius 3 is 2.65 bits per heavy atom. The van der Waals surface area contributed by atoms with Crippen molar-refractivity contribution in [2.45, 2.75) is 32.2 Å². The number of benzene rings is 1. The van der Waals surface area contributed by atoms with E-state index in [1.54, 1.807) is 7.11 Å². The number of nitrogens with two attached hydrogens (primary N) is 1. The van der Waals surface area contributed by atoms with Crippen molar-refractivity contribution in [3.8, 4) is 5.75 Å². The first-order valence-electron chi connectivity index (χ1n) is 7.24. The molecule has 1 heterocycles. The number of piperidine rings is 1. The van der Waals surface area contributed by atoms with Crippen molar-refractivity contribution in [3.63, 3.8) is 0 Å². The smallest absolute Gasteiger partial charge is 0.222 e. The monoisotopic (exact) mass is 276 g/mol. The summed E-state index contributed by atoms with van der Waals surface area (Å²) < 4.78 is 5.12. The van der Waals surface area contributed by atoms with Crippen LogP contribution < -0.4 is 10.5 Å². The van der Waals surface area contributed by atoms with Gasteiger partial charge in [0.15, 0.2) is 0 Å². The molecule has 2 rings (SSSR count). The summed E-state index contributed by atoms with van der Waals surface area (Å²) in [6, 6.07) is 8.01. The zero-order valence-electron chi connectivity index (χ0n) is 12.3. The highest BCUT2D eigenvalue weighted by atomic mass is 16.5. The average molecular weight is 276 g/mol. The van der Waals surface area contributed by atoms with Crippen LogP contribution >= 0.6 is 0 Å². The molecule has 2 N–H and O–H groups in total. The van der Waals surface area contributed by atoms with Crippen molar-refractivity contribution >= 4 is 5.91 Å². The number of ether oxygens (including phenoxy) is 1. The summed E-state index contributed by atoms with van der Waals surface area (Å²) in [4.78, 5) is 14.2. The molecule has 2 unspecified atom stereocenters. The van der Waals surface area contributed by atoms with Gasteiger partial charge >= 0.3 is 0 Å². The normalized spacial score (nSPS) is 22.6. The van der Waals surface area contributed by atoms with Gasteiger partial charge in [-0.25, -0.2) is 0 Å². The molecule has 0 spiro atoms. The number of rotatable bonds is 4. The van der Waals surface area contributed by atoms with E-state index in [2.05, 4.69) is 6.92 Å². The molecule has 2 atom stereocenters. The third kappa shape index (κ3) is 3.97. The molecule has 0 aliphatic carbocycles. The van der Waals surface area contributed by atoms with E-state index in [0.717, 1.165) is 30.7 Å². The van der Waals surface area contributed by atoms with Crippen molar-refractivity contribution < 1.29 is 9.53 Å². The maximum atomic E-state index is 12.2. The lowest BCUT2D eigenvalue weighted by molar-refractivity contribution is -0.133. The minimum Gasteiger partial charge on any atom is -0.497 e. The van der Waals surface area contributed by atoms with Crippen molar-refractivity contribution in [3.05, 3.63) is 29.8 Å². The van der Waals surface area contributed by atoms with Crippen LogP contribution in [0.3, 0.4) is 0 Å². The van der Waals surface area contributed by atoms with E-state index in [1.165, 1.54) is 0 Å². The summed E-state index contributed by atoms with van der Waals surface area (Å²) in [5.41, 5.74) is 7.15. The Kier molecular flexibility index (Phi) is 5.01. The highest BCUT2D eigenvalue weighted by Crippen LogP contribution is 2.17. The molecule has 1 aromatic rings. The summed E-state index contributed by atoms with van der Waals surface area (Å²) in [5, 5.41) is 0. The molecule has 110 valence electrons. The van der Waals surface area contributed by atoms with E-state index in [0.29, 0.717) is 18.9 Å². The van der Waals surface area contributed by atoms with Gasteiger partial charge in [-0.3, -0.25) is 4.79 Å². The second-order valence-corrected chi connectivity index (χ2v) is 5.75. The minimum absolute atomic E-state index is 0.128. The highest BCUT2D eigenvalue weighted by Gasteiger charge is 2.25. The van der Waals surface area contributed by atoms with E-state index < -0.39 is 0 Å². The summed E-state index contributed by atoms with van der Waals surface area (Å²) in [6.45, 7) is 3.70. The molecule has 1 aliphatic rings. The Bertz CT molecular complexity index is 434. The molecule has 1 fully saturated rings. The van der Waals surface area contributed by atoms with Crippen LogP contribution in [0.2, 0.25) is 0 Å². The number of aryl methyl sites for hydroxylation is 1. The van der Waals surface area contributed by atoms with Gasteiger partial charge in [-0.1, -0.05) is 19.1 Å². The third-order valence-electron chi connectivity index (χ3n) is 3.83. The predicted molar refractivity (Wildman–Crippen MR) is 79.7 cm³/mol. The molecule has 0 bridgehead atoms. The lowest BCUT2D eigenvalue weighted by atomic mass is 9.96. The molecule has 1 saturated heterocycles. The first-order chi connectivity index (χ1) is 9.58. The Morgan fingerprint density at radius 1 is 1.35 bits per heavy atom. The molecular weight excluding hydrogens is 252 g/mol. The molecule has 1 amide bonds. The van der Waals surface area contributed by atoms with Gasteiger partial charge in [-0.2, -0.15) is 0 Å². The number of hydrogen-bond donors (Lipinski definition) is 1. The predicted octanol–water partition coefficient (Wildman–Crippen LogP) is 1.82. The summed E-state index contributed by atoms with van der Waals surface area (Å²) in [7, 11) is 1.65. The number of likely N-dealkylation sites (tertiary alicyclic amines) is 1. The first-order valence-corrected chi connectivity index (χ1v) is 7.24. The van der Waals surface area contributed by atoms with Crippen LogP contribution in [-0.2, 0) is 11.2 Å². The van der Waals surface area contributed by atoms with Crippen molar-refractivity contribution in [1.82, 2.24) is 4.90 Å². The van der Waals surface area contributed by atoms with Crippen LogP contribution in [0.4, 0.5) is 0 Å². The SMILES string of the molecule is COc1ccc(CCC(=O)N2CC(C)CC(N)C2)cc1. The van der Waals surface area contributed by atoms with Crippen molar-refractivity contribution in [2.75, 3.05) is 20.2 Å². The number of amides is 1. The first kappa shape index (κ1) is 14.9. The molecule has 4 heteroatoms. The van der Waals surface area contributed by atoms with Gasteiger partial charge in [0.05, 0.1) is 7.11 Å². The number of nitrogens with zero attached hydrogens (tertiary/aromatic N) is 1. The molecule has 1 aromatic carbocycles. The van der Waals surface area contributed by atoms with Gasteiger partial charge in [0, 0.05) is 25.6 Å². The van der Waals surface area contributed by atoms with Gasteiger partial charge in [0.1, 0.15) is 5.75 Å². The zero-order chi connectivity index (χ0) is 14.5. The standard InChI is InChI=1S/C16H24N2O2/c1-12-9-14(17)11-18(10-12)16(19)8-5-13-3-6-15(20-2)7-4-13/h3-4,6-7,12,14H,5,8-11,17H2,1-2H3. The quantitative estimate of drug-likeness (QED) is 0.912. The average Bonchev–Trinajstić information content (AvgIpc) is 2.44. The van der Waals surface area contributed by atoms with E-state index in [-0.39, 0.29) is 11.9 Å². The Labute approximate surface area is 120 Å². The molecule has 0 aromatic heterocycles. The topological polar surface area (TPSA) is 55.6 Å². The number of carbonyl (C=O) groups is 1. The second kappa shape index (κ2) is 6.75. The van der Waals surface area contributed by atoms with E-state index in [9.17, 15) is 4.79 Å². The Balaban J connectivity index is 1.84. The minimum atomic E-state index is 0.128. The van der Waals surface area contributed by atoms with Gasteiger partial charge < -0.3 is 15.4 Å². The number of carbonyl (C=O) groups excluding carboxylic acids is 1. The molecular formula is C16H24N2O2. The van der Waals surface area contributed by atoms with Crippen LogP contribution in [0.15, 0.2) is 24.3 Å². The molecule has 0 radical (unpaired) electrons. The fourth-order valence-electron chi connectivity index (χ4n) is 2.80. The van der Waals surface area contributed by atoms with Crippen LogP contribution in [0.1, 0.15) is 25.3 Å². The Morgan fingerprint density at radius 2 is 2.05 bits per heavy atom. The van der Waals surface area contributed by atoms with E-state index in [4.69, 9.17) is 10.5 Å². The maximum Gasteiger partial charge on any atom is 0.222 e. The molecule has 0 saturated carbocycles. The molecule has 4 nitrogen and oxygen atoms in total. The van der Waals surface area contributed by atoms with Gasteiger partial charge in [0.25, 0.3) is 0 Å². The lowest BCUT2D eigenvalue weighted by Crippen LogP contribution is -2.48. The van der Waals surface area contributed by atoms with Gasteiger partial charge in [0.2, 0.25) is 5.91 Å². The van der Waals surface area contributed by atoms with E-state index >= 15 is 0 Å². The van der Waals surface area contributed by atoms with Gasteiger partial charge in [-0.15, -0.1) is 0 Å². The van der Waals surface area contributed by atoms with Crippen LogP contribution in [-0.4, -0.2) is 37.0 Å². The lowest BCUT2D eigenvalue weighted by Gasteiger charge is -2.34. The maximum absolute atomic E-state index is 12.2. The van der Waals surface area contributed by atoms with Crippen molar-refractivity contribution in [2.24, 2.45) is 11.7 Å². The molecule has 1 aliphatic heterocycles. The number of methoxy groups -OCH3 is 1. The fourth-order valence-corrected chi connectivity index (χ4v) is 2.80. The summed E-state index contributed by atoms with van der Waals surface area (Å²) >= 11 is 0. The zero-order valence-corrected chi connectivity index (χ0v) is 12.3. The van der Waals surface area contributed by atoms with Crippen molar-refractivity contribution in [1.29, 1.82) is 0 Å². The highest BCUT2D eigenvalue weighted by molar-refractivity contribution is 5.76. The second-order valence-electron chi connectivity index (χ2n) is 5.75. The summed E-state index contributed by atoms with van der Waals surface area (Å²) in [5.74, 6) is 1.56.